The van der Waals surface area contributed by atoms with Gasteiger partial charge in [-0.2, -0.15) is 13.2 Å². The number of halogens is 3. The average Bonchev–Trinajstić information content (AvgIpc) is 2.94. The lowest BCUT2D eigenvalue weighted by atomic mass is 10.2. The standard InChI is InChI=1S/C12H9F3N2OS2/c13-12(14,15)7-1-3-8(4-2-7)17-10(18)9-5-20-6-16(9)11(17)19/h1-4,9H,5-6H2/t9-/m0/s1. The smallest absolute Gasteiger partial charge is 0.326 e. The molecule has 1 aromatic carbocycles. The first-order valence-corrected chi connectivity index (χ1v) is 7.35. The summed E-state index contributed by atoms with van der Waals surface area (Å²) < 4.78 is 37.6. The Hall–Kier alpha value is -1.28. The van der Waals surface area contributed by atoms with Crippen LogP contribution >= 0.6 is 24.0 Å². The fourth-order valence-electron chi connectivity index (χ4n) is 2.24. The molecule has 1 amide bonds. The predicted molar refractivity (Wildman–Crippen MR) is 74.5 cm³/mol. The third-order valence-corrected chi connectivity index (χ3v) is 4.71. The monoisotopic (exact) mass is 318 g/mol. The highest BCUT2D eigenvalue weighted by Gasteiger charge is 2.46. The Labute approximate surface area is 122 Å². The second-order valence-corrected chi connectivity index (χ2v) is 5.85. The molecule has 2 heterocycles. The van der Waals surface area contributed by atoms with Crippen molar-refractivity contribution in [3.05, 3.63) is 29.8 Å². The van der Waals surface area contributed by atoms with Gasteiger partial charge in [0.25, 0.3) is 5.91 Å². The van der Waals surface area contributed by atoms with Crippen LogP contribution in [0.1, 0.15) is 5.56 Å². The summed E-state index contributed by atoms with van der Waals surface area (Å²) in [6, 6.07) is 4.20. The Morgan fingerprint density at radius 3 is 2.45 bits per heavy atom. The molecule has 2 aliphatic rings. The Bertz CT molecular complexity index is 551. The van der Waals surface area contributed by atoms with Gasteiger partial charge in [0.05, 0.1) is 17.1 Å². The second kappa shape index (κ2) is 4.63. The van der Waals surface area contributed by atoms with Crippen molar-refractivity contribution < 1.29 is 18.0 Å². The van der Waals surface area contributed by atoms with Gasteiger partial charge < -0.3 is 4.90 Å². The van der Waals surface area contributed by atoms with E-state index in [0.29, 0.717) is 22.4 Å². The van der Waals surface area contributed by atoms with Crippen molar-refractivity contribution in [1.29, 1.82) is 0 Å². The number of thioether (sulfide) groups is 1. The molecule has 106 valence electrons. The number of nitrogens with zero attached hydrogens (tertiary/aromatic N) is 2. The maximum absolute atomic E-state index is 12.5. The van der Waals surface area contributed by atoms with Crippen molar-refractivity contribution in [2.75, 3.05) is 16.5 Å². The number of anilines is 1. The lowest BCUT2D eigenvalue weighted by Crippen LogP contribution is -2.32. The summed E-state index contributed by atoms with van der Waals surface area (Å²) >= 11 is 6.86. The quantitative estimate of drug-likeness (QED) is 0.743. The molecule has 1 aromatic rings. The molecule has 0 unspecified atom stereocenters. The van der Waals surface area contributed by atoms with Crippen LogP contribution in [0.5, 0.6) is 0 Å². The molecule has 2 fully saturated rings. The minimum atomic E-state index is -4.38. The van der Waals surface area contributed by atoms with Crippen molar-refractivity contribution in [3.63, 3.8) is 0 Å². The molecular formula is C12H9F3N2OS2. The van der Waals surface area contributed by atoms with Crippen LogP contribution in [-0.2, 0) is 11.0 Å². The van der Waals surface area contributed by atoms with Crippen LogP contribution in [0.15, 0.2) is 24.3 Å². The molecular weight excluding hydrogens is 309 g/mol. The normalized spacial score (nSPS) is 22.6. The molecule has 20 heavy (non-hydrogen) atoms. The number of carbonyl (C=O) groups is 1. The summed E-state index contributed by atoms with van der Waals surface area (Å²) in [7, 11) is 0. The lowest BCUT2D eigenvalue weighted by Gasteiger charge is -2.19. The molecule has 0 radical (unpaired) electrons. The van der Waals surface area contributed by atoms with Gasteiger partial charge in [-0.15, -0.1) is 11.8 Å². The Balaban J connectivity index is 1.90. The summed E-state index contributed by atoms with van der Waals surface area (Å²) in [5.74, 6) is 1.14. The van der Waals surface area contributed by atoms with Gasteiger partial charge in [-0.05, 0) is 36.5 Å². The number of benzene rings is 1. The highest BCUT2D eigenvalue weighted by atomic mass is 32.2. The third-order valence-electron chi connectivity index (χ3n) is 3.28. The second-order valence-electron chi connectivity index (χ2n) is 4.49. The zero-order valence-corrected chi connectivity index (χ0v) is 11.7. The molecule has 0 N–H and O–H groups in total. The molecule has 0 bridgehead atoms. The summed E-state index contributed by atoms with van der Waals surface area (Å²) in [5.41, 5.74) is -0.359. The summed E-state index contributed by atoms with van der Waals surface area (Å²) in [5, 5.41) is 0.366. The van der Waals surface area contributed by atoms with Crippen LogP contribution in [0, 0.1) is 0 Å². The Morgan fingerprint density at radius 1 is 1.25 bits per heavy atom. The topological polar surface area (TPSA) is 23.6 Å². The van der Waals surface area contributed by atoms with Crippen molar-refractivity contribution >= 4 is 40.7 Å². The number of hydrogen-bond donors (Lipinski definition) is 0. The van der Waals surface area contributed by atoms with Gasteiger partial charge >= 0.3 is 6.18 Å². The molecule has 0 aromatic heterocycles. The number of alkyl halides is 3. The molecule has 0 aliphatic carbocycles. The lowest BCUT2D eigenvalue weighted by molar-refractivity contribution is -0.137. The zero-order chi connectivity index (χ0) is 14.5. The summed E-state index contributed by atoms with van der Waals surface area (Å²) in [6.45, 7) is 0. The van der Waals surface area contributed by atoms with E-state index in [2.05, 4.69) is 0 Å². The maximum Gasteiger partial charge on any atom is 0.416 e. The van der Waals surface area contributed by atoms with Gasteiger partial charge in [0.1, 0.15) is 6.04 Å². The van der Waals surface area contributed by atoms with E-state index in [-0.39, 0.29) is 11.9 Å². The Kier molecular flexibility index (Phi) is 3.17. The zero-order valence-electron chi connectivity index (χ0n) is 10.1. The van der Waals surface area contributed by atoms with Crippen LogP contribution in [0.2, 0.25) is 0 Å². The van der Waals surface area contributed by atoms with Gasteiger partial charge in [-0.25, -0.2) is 0 Å². The highest BCUT2D eigenvalue weighted by molar-refractivity contribution is 7.99. The number of thiocarbonyl (C=S) groups is 1. The van der Waals surface area contributed by atoms with Crippen molar-refractivity contribution in [3.8, 4) is 0 Å². The van der Waals surface area contributed by atoms with Crippen LogP contribution < -0.4 is 4.90 Å². The number of hydrogen-bond acceptors (Lipinski definition) is 3. The molecule has 3 rings (SSSR count). The number of carbonyl (C=O) groups excluding carboxylic acids is 1. The summed E-state index contributed by atoms with van der Waals surface area (Å²) in [6.07, 6.45) is -4.38. The first-order valence-electron chi connectivity index (χ1n) is 5.79. The maximum atomic E-state index is 12.5. The summed E-state index contributed by atoms with van der Waals surface area (Å²) in [4.78, 5) is 15.4. The minimum Gasteiger partial charge on any atom is -0.326 e. The Morgan fingerprint density at radius 2 is 1.90 bits per heavy atom. The van der Waals surface area contributed by atoms with E-state index in [9.17, 15) is 18.0 Å². The van der Waals surface area contributed by atoms with Crippen LogP contribution in [0.25, 0.3) is 0 Å². The molecule has 2 saturated heterocycles. The number of amides is 1. The van der Waals surface area contributed by atoms with Gasteiger partial charge in [0.2, 0.25) is 0 Å². The molecule has 0 spiro atoms. The van der Waals surface area contributed by atoms with Crippen LogP contribution in [-0.4, -0.2) is 33.6 Å². The fourth-order valence-corrected chi connectivity index (χ4v) is 3.86. The SMILES string of the molecule is O=C1[C@@H]2CSCN2C(=S)N1c1ccc(C(F)(F)F)cc1. The fraction of sp³-hybridized carbons (Fsp3) is 0.333. The molecule has 2 aliphatic heterocycles. The van der Waals surface area contributed by atoms with Gasteiger partial charge in [0, 0.05) is 5.75 Å². The van der Waals surface area contributed by atoms with Crippen molar-refractivity contribution in [2.45, 2.75) is 12.2 Å². The number of fused-ring (bicyclic) bond motifs is 1. The van der Waals surface area contributed by atoms with E-state index < -0.39 is 11.7 Å². The first-order chi connectivity index (χ1) is 9.39. The van der Waals surface area contributed by atoms with E-state index in [1.54, 1.807) is 16.7 Å². The van der Waals surface area contributed by atoms with E-state index in [4.69, 9.17) is 12.2 Å². The first kappa shape index (κ1) is 13.7. The van der Waals surface area contributed by atoms with Crippen molar-refractivity contribution in [2.24, 2.45) is 0 Å². The van der Waals surface area contributed by atoms with Gasteiger partial charge in [-0.1, -0.05) is 0 Å². The molecule has 3 nitrogen and oxygen atoms in total. The largest absolute Gasteiger partial charge is 0.416 e. The van der Waals surface area contributed by atoms with Gasteiger partial charge in [-0.3, -0.25) is 9.69 Å². The highest BCUT2D eigenvalue weighted by Crippen LogP contribution is 2.35. The average molecular weight is 318 g/mol. The predicted octanol–water partition coefficient (Wildman–Crippen LogP) is 2.71. The van der Waals surface area contributed by atoms with E-state index in [0.717, 1.165) is 12.1 Å². The third kappa shape index (κ3) is 2.07. The molecule has 8 heteroatoms. The molecule has 1 atom stereocenters. The van der Waals surface area contributed by atoms with Crippen LogP contribution in [0.4, 0.5) is 18.9 Å². The van der Waals surface area contributed by atoms with Crippen LogP contribution in [0.3, 0.4) is 0 Å². The number of rotatable bonds is 1. The van der Waals surface area contributed by atoms with Crippen molar-refractivity contribution in [1.82, 2.24) is 4.90 Å². The van der Waals surface area contributed by atoms with Gasteiger partial charge in [0.15, 0.2) is 5.11 Å². The van der Waals surface area contributed by atoms with E-state index in [1.807, 2.05) is 0 Å². The van der Waals surface area contributed by atoms with E-state index in [1.165, 1.54) is 17.0 Å². The van der Waals surface area contributed by atoms with E-state index >= 15 is 0 Å². The minimum absolute atomic E-state index is 0.167. The molecule has 0 saturated carbocycles.